The van der Waals surface area contributed by atoms with Gasteiger partial charge in [0.2, 0.25) is 0 Å². The third kappa shape index (κ3) is 13.8. The van der Waals surface area contributed by atoms with Gasteiger partial charge in [0.15, 0.2) is 0 Å². The molecule has 4 aromatic carbocycles. The van der Waals surface area contributed by atoms with Gasteiger partial charge in [0.1, 0.15) is 0 Å². The van der Waals surface area contributed by atoms with Gasteiger partial charge in [-0.25, -0.2) is 9.59 Å². The molecule has 4 rings (SSSR count). The van der Waals surface area contributed by atoms with Crippen molar-refractivity contribution in [2.75, 3.05) is 13.2 Å². The van der Waals surface area contributed by atoms with Crippen molar-refractivity contribution in [2.24, 2.45) is 0 Å². The first-order valence-electron chi connectivity index (χ1n) is 15.9. The molecule has 0 saturated carbocycles. The van der Waals surface area contributed by atoms with Crippen molar-refractivity contribution in [1.82, 2.24) is 0 Å². The number of ether oxygens (including phenoxy) is 2. The summed E-state index contributed by atoms with van der Waals surface area (Å²) in [4.78, 5) is 24.7. The van der Waals surface area contributed by atoms with Crippen LogP contribution in [0.15, 0.2) is 84.9 Å². The minimum Gasteiger partial charge on any atom is -0.462 e. The average molecular weight is 635 g/mol. The van der Waals surface area contributed by atoms with Crippen molar-refractivity contribution < 1.29 is 46.3 Å². The van der Waals surface area contributed by atoms with Crippen molar-refractivity contribution >= 4 is 33.5 Å². The SMILES string of the molecule is CCCCCCCCOC(=O)c1ccccc1C(=O)OCCCCCCCC.O.[Ti].c1ccc2cc3ccccc3cc2c1. The van der Waals surface area contributed by atoms with Crippen molar-refractivity contribution in [3.8, 4) is 0 Å². The van der Waals surface area contributed by atoms with Crippen LogP contribution in [0.3, 0.4) is 0 Å². The molecule has 0 fully saturated rings. The van der Waals surface area contributed by atoms with E-state index in [9.17, 15) is 9.59 Å². The van der Waals surface area contributed by atoms with E-state index >= 15 is 0 Å². The maximum atomic E-state index is 12.4. The number of esters is 2. The third-order valence-electron chi connectivity index (χ3n) is 7.44. The van der Waals surface area contributed by atoms with Crippen LogP contribution in [0, 0.1) is 0 Å². The van der Waals surface area contributed by atoms with Crippen molar-refractivity contribution in [1.29, 1.82) is 0 Å². The molecule has 236 valence electrons. The quantitative estimate of drug-likeness (QED) is 0.0532. The second kappa shape index (κ2) is 23.4. The largest absolute Gasteiger partial charge is 0.462 e. The first-order chi connectivity index (χ1) is 20.6. The Morgan fingerprint density at radius 2 is 0.773 bits per heavy atom. The van der Waals surface area contributed by atoms with E-state index in [1.165, 1.54) is 72.9 Å². The van der Waals surface area contributed by atoms with E-state index in [0.29, 0.717) is 24.3 Å². The van der Waals surface area contributed by atoms with Crippen LogP contribution in [0.5, 0.6) is 0 Å². The summed E-state index contributed by atoms with van der Waals surface area (Å²) in [6.07, 6.45) is 13.6. The van der Waals surface area contributed by atoms with Gasteiger partial charge in [0.05, 0.1) is 24.3 Å². The van der Waals surface area contributed by atoms with Gasteiger partial charge in [-0.2, -0.15) is 0 Å². The summed E-state index contributed by atoms with van der Waals surface area (Å²) < 4.78 is 10.7. The predicted molar refractivity (Wildman–Crippen MR) is 179 cm³/mol. The normalized spacial score (nSPS) is 10.2. The average Bonchev–Trinajstić information content (AvgIpc) is 3.03. The number of carbonyl (C=O) groups is 2. The standard InChI is InChI=1S/C24H38O4.C14H10.H2O.Ti/c1-3-5-7-9-11-15-19-27-23(25)21-17-13-14-18-22(21)24(26)28-20-16-12-10-8-6-4-2;1-2-6-12-10-14-8-4-3-7-13(14)9-11(12)5-1;;/h13-14,17-18H,3-12,15-16,19-20H2,1-2H3;1-10H;1H2;. The van der Waals surface area contributed by atoms with E-state index in [2.05, 4.69) is 74.5 Å². The van der Waals surface area contributed by atoms with Gasteiger partial charge >= 0.3 is 11.9 Å². The third-order valence-corrected chi connectivity index (χ3v) is 7.44. The second-order valence-corrected chi connectivity index (χ2v) is 10.9. The monoisotopic (exact) mass is 634 g/mol. The number of carbonyl (C=O) groups excluding carboxylic acids is 2. The fourth-order valence-corrected chi connectivity index (χ4v) is 4.97. The molecule has 0 unspecified atom stereocenters. The summed E-state index contributed by atoms with van der Waals surface area (Å²) in [7, 11) is 0. The van der Waals surface area contributed by atoms with Gasteiger partial charge in [-0.05, 0) is 58.7 Å². The van der Waals surface area contributed by atoms with Crippen LogP contribution >= 0.6 is 0 Å². The summed E-state index contributed by atoms with van der Waals surface area (Å²) in [5.41, 5.74) is 0.586. The molecule has 0 saturated heterocycles. The van der Waals surface area contributed by atoms with Crippen LogP contribution in [0.1, 0.15) is 112 Å². The molecular formula is C38H50O5Ti. The summed E-state index contributed by atoms with van der Waals surface area (Å²) >= 11 is 0. The van der Waals surface area contributed by atoms with Gasteiger partial charge in [-0.1, -0.05) is 139 Å². The van der Waals surface area contributed by atoms with Crippen LogP contribution in [-0.2, 0) is 31.2 Å². The Labute approximate surface area is 278 Å². The first-order valence-corrected chi connectivity index (χ1v) is 15.9. The van der Waals surface area contributed by atoms with E-state index in [1.807, 2.05) is 0 Å². The molecule has 0 aromatic heterocycles. The molecule has 0 aliphatic carbocycles. The molecule has 6 heteroatoms. The molecule has 0 spiro atoms. The topological polar surface area (TPSA) is 84.1 Å². The number of unbranched alkanes of at least 4 members (excludes halogenated alkanes) is 10. The summed E-state index contributed by atoms with van der Waals surface area (Å²) in [5, 5.41) is 5.25. The van der Waals surface area contributed by atoms with Crippen molar-refractivity contribution in [3.05, 3.63) is 96.1 Å². The molecule has 0 amide bonds. The van der Waals surface area contributed by atoms with E-state index in [-0.39, 0.29) is 27.2 Å². The molecule has 5 nitrogen and oxygen atoms in total. The van der Waals surface area contributed by atoms with Crippen LogP contribution < -0.4 is 0 Å². The minimum absolute atomic E-state index is 0. The van der Waals surface area contributed by atoms with Gasteiger partial charge in [0.25, 0.3) is 0 Å². The Hall–Kier alpha value is -2.99. The zero-order chi connectivity index (χ0) is 29.8. The zero-order valence-corrected chi connectivity index (χ0v) is 28.2. The van der Waals surface area contributed by atoms with Gasteiger partial charge in [-0.3, -0.25) is 0 Å². The molecule has 4 aromatic rings. The Bertz CT molecular complexity index is 1220. The molecular weight excluding hydrogens is 584 g/mol. The van der Waals surface area contributed by atoms with Crippen LogP contribution in [0.2, 0.25) is 0 Å². The number of rotatable bonds is 16. The molecule has 0 atom stereocenters. The summed E-state index contributed by atoms with van der Waals surface area (Å²) in [5.74, 6) is -0.888. The summed E-state index contributed by atoms with van der Waals surface area (Å²) in [6, 6.07) is 28.2. The van der Waals surface area contributed by atoms with Crippen LogP contribution in [-0.4, -0.2) is 30.6 Å². The van der Waals surface area contributed by atoms with Gasteiger partial charge < -0.3 is 14.9 Å². The second-order valence-electron chi connectivity index (χ2n) is 10.9. The van der Waals surface area contributed by atoms with Gasteiger partial charge in [-0.15, -0.1) is 0 Å². The fourth-order valence-electron chi connectivity index (χ4n) is 4.97. The summed E-state index contributed by atoms with van der Waals surface area (Å²) in [6.45, 7) is 5.17. The molecule has 44 heavy (non-hydrogen) atoms. The fraction of sp³-hybridized carbons (Fsp3) is 0.421. The number of hydrogen-bond donors (Lipinski definition) is 0. The van der Waals surface area contributed by atoms with Crippen LogP contribution in [0.25, 0.3) is 21.5 Å². The molecule has 0 aliphatic rings. The number of hydrogen-bond acceptors (Lipinski definition) is 4. The maximum Gasteiger partial charge on any atom is 0.339 e. The Morgan fingerprint density at radius 3 is 1.11 bits per heavy atom. The van der Waals surface area contributed by atoms with Crippen molar-refractivity contribution in [2.45, 2.75) is 90.9 Å². The van der Waals surface area contributed by atoms with Crippen LogP contribution in [0.4, 0.5) is 0 Å². The van der Waals surface area contributed by atoms with E-state index in [1.54, 1.807) is 24.3 Å². The van der Waals surface area contributed by atoms with Crippen molar-refractivity contribution in [3.63, 3.8) is 0 Å². The first kappa shape index (κ1) is 39.0. The number of fused-ring (bicyclic) bond motifs is 2. The van der Waals surface area contributed by atoms with E-state index < -0.39 is 11.9 Å². The Morgan fingerprint density at radius 1 is 0.477 bits per heavy atom. The molecule has 0 bridgehead atoms. The van der Waals surface area contributed by atoms with Gasteiger partial charge in [0, 0.05) is 21.7 Å². The molecule has 0 aliphatic heterocycles. The maximum absolute atomic E-state index is 12.4. The number of benzene rings is 4. The smallest absolute Gasteiger partial charge is 0.339 e. The Balaban J connectivity index is 0.000000502. The van der Waals surface area contributed by atoms with E-state index in [0.717, 1.165) is 25.7 Å². The predicted octanol–water partition coefficient (Wildman–Crippen LogP) is 9.89. The molecule has 0 heterocycles. The minimum atomic E-state index is -0.444. The zero-order valence-electron chi connectivity index (χ0n) is 26.6. The molecule has 2 N–H and O–H groups in total. The molecule has 0 radical (unpaired) electrons. The van der Waals surface area contributed by atoms with E-state index in [4.69, 9.17) is 9.47 Å². The Kier molecular flexibility index (Phi) is 20.8.